The Bertz CT molecular complexity index is 797. The number of hydrogen-bond donors (Lipinski definition) is 1. The Morgan fingerprint density at radius 2 is 1.95 bits per heavy atom. The Labute approximate surface area is 118 Å². The predicted molar refractivity (Wildman–Crippen MR) is 82.6 cm³/mol. The van der Waals surface area contributed by atoms with E-state index in [-0.39, 0.29) is 0 Å². The fraction of sp³-hybridized carbons (Fsp3) is 0.235. The molecule has 0 bridgehead atoms. The Morgan fingerprint density at radius 3 is 2.70 bits per heavy atom. The first kappa shape index (κ1) is 11.5. The van der Waals surface area contributed by atoms with Crippen LogP contribution in [0, 0.1) is 6.92 Å². The van der Waals surface area contributed by atoms with Crippen molar-refractivity contribution in [3.63, 3.8) is 0 Å². The summed E-state index contributed by atoms with van der Waals surface area (Å²) in [6.45, 7) is 2.10. The summed E-state index contributed by atoms with van der Waals surface area (Å²) in [7, 11) is 0. The molecule has 3 heteroatoms. The highest BCUT2D eigenvalue weighted by Crippen LogP contribution is 2.42. The van der Waals surface area contributed by atoms with Gasteiger partial charge in [-0.2, -0.15) is 0 Å². The van der Waals surface area contributed by atoms with Crippen LogP contribution in [0.5, 0.6) is 0 Å². The van der Waals surface area contributed by atoms with Gasteiger partial charge >= 0.3 is 0 Å². The summed E-state index contributed by atoms with van der Waals surface area (Å²) in [5.41, 5.74) is 11.5. The van der Waals surface area contributed by atoms with Gasteiger partial charge in [0.2, 0.25) is 0 Å². The fourth-order valence-electron chi connectivity index (χ4n) is 2.80. The van der Waals surface area contributed by atoms with Gasteiger partial charge in [0.1, 0.15) is 5.82 Å². The van der Waals surface area contributed by atoms with E-state index in [9.17, 15) is 0 Å². The number of rotatable bonds is 2. The van der Waals surface area contributed by atoms with Gasteiger partial charge in [-0.1, -0.05) is 18.2 Å². The van der Waals surface area contributed by atoms with E-state index in [4.69, 9.17) is 10.7 Å². The molecule has 0 radical (unpaired) electrons. The molecule has 1 heterocycles. The molecule has 0 spiro atoms. The number of nitrogen functional groups attached to an aromatic ring is 1. The lowest BCUT2D eigenvalue weighted by Gasteiger charge is -2.09. The van der Waals surface area contributed by atoms with Crippen LogP contribution in [-0.2, 0) is 0 Å². The summed E-state index contributed by atoms with van der Waals surface area (Å²) in [6.07, 6.45) is 2.47. The number of aromatic nitrogens is 2. The number of nitrogens with two attached hydrogens (primary N) is 1. The number of nitrogens with zero attached hydrogens (tertiary/aromatic N) is 2. The standard InChI is InChI=1S/C17H17N3/c1-11-6-9-16-15(10-11)19-17(20(16)12-7-8-12)13-4-2-3-5-14(13)18/h2-6,9-10,12H,7-8,18H2,1H3. The number of anilines is 1. The van der Waals surface area contributed by atoms with E-state index < -0.39 is 0 Å². The summed E-state index contributed by atoms with van der Waals surface area (Å²) in [5.74, 6) is 1.01. The molecule has 1 fully saturated rings. The number of benzene rings is 2. The van der Waals surface area contributed by atoms with Gasteiger partial charge in [0.25, 0.3) is 0 Å². The third-order valence-corrected chi connectivity index (χ3v) is 3.96. The highest BCUT2D eigenvalue weighted by atomic mass is 15.1. The maximum Gasteiger partial charge on any atom is 0.143 e. The van der Waals surface area contributed by atoms with Gasteiger partial charge in [0.05, 0.1) is 11.0 Å². The average Bonchev–Trinajstić information content (AvgIpc) is 3.20. The summed E-state index contributed by atoms with van der Waals surface area (Å²) in [5, 5.41) is 0. The SMILES string of the molecule is Cc1ccc2c(c1)nc(-c1ccccc1N)n2C1CC1. The molecule has 0 unspecified atom stereocenters. The number of imidazole rings is 1. The van der Waals surface area contributed by atoms with Gasteiger partial charge in [-0.05, 0) is 49.6 Å². The van der Waals surface area contributed by atoms with Gasteiger partial charge < -0.3 is 10.3 Å². The minimum Gasteiger partial charge on any atom is -0.398 e. The highest BCUT2D eigenvalue weighted by molar-refractivity contribution is 5.84. The first-order chi connectivity index (χ1) is 9.74. The largest absolute Gasteiger partial charge is 0.398 e. The van der Waals surface area contributed by atoms with Gasteiger partial charge in [0, 0.05) is 17.3 Å². The summed E-state index contributed by atoms with van der Waals surface area (Å²) in [4.78, 5) is 4.85. The van der Waals surface area contributed by atoms with E-state index in [1.807, 2.05) is 18.2 Å². The Hall–Kier alpha value is -2.29. The van der Waals surface area contributed by atoms with Crippen molar-refractivity contribution in [3.8, 4) is 11.4 Å². The monoisotopic (exact) mass is 263 g/mol. The molecule has 1 aliphatic carbocycles. The van der Waals surface area contributed by atoms with Crippen LogP contribution in [0.1, 0.15) is 24.4 Å². The number of fused-ring (bicyclic) bond motifs is 1. The first-order valence-corrected chi connectivity index (χ1v) is 7.07. The Balaban J connectivity index is 2.03. The van der Waals surface area contributed by atoms with Crippen LogP contribution < -0.4 is 5.73 Å². The molecule has 4 rings (SSSR count). The molecule has 3 aromatic rings. The molecule has 1 saturated carbocycles. The second-order valence-corrected chi connectivity index (χ2v) is 5.62. The third kappa shape index (κ3) is 1.70. The van der Waals surface area contributed by atoms with E-state index in [1.165, 1.54) is 23.9 Å². The number of hydrogen-bond acceptors (Lipinski definition) is 2. The molecule has 0 saturated heterocycles. The second-order valence-electron chi connectivity index (χ2n) is 5.62. The fourth-order valence-corrected chi connectivity index (χ4v) is 2.80. The van der Waals surface area contributed by atoms with Crippen molar-refractivity contribution in [2.75, 3.05) is 5.73 Å². The lowest BCUT2D eigenvalue weighted by atomic mass is 10.1. The molecule has 100 valence electrons. The Kier molecular flexibility index (Phi) is 2.36. The maximum atomic E-state index is 6.14. The van der Waals surface area contributed by atoms with Gasteiger partial charge in [-0.25, -0.2) is 4.98 Å². The lowest BCUT2D eigenvalue weighted by molar-refractivity contribution is 0.775. The zero-order valence-corrected chi connectivity index (χ0v) is 11.5. The molecule has 20 heavy (non-hydrogen) atoms. The zero-order valence-electron chi connectivity index (χ0n) is 11.5. The van der Waals surface area contributed by atoms with E-state index in [2.05, 4.69) is 35.8 Å². The third-order valence-electron chi connectivity index (χ3n) is 3.96. The molecule has 2 aromatic carbocycles. The molecule has 1 aromatic heterocycles. The lowest BCUT2D eigenvalue weighted by Crippen LogP contribution is -1.99. The van der Waals surface area contributed by atoms with Crippen LogP contribution in [0.15, 0.2) is 42.5 Å². The van der Waals surface area contributed by atoms with Crippen molar-refractivity contribution in [2.24, 2.45) is 0 Å². The highest BCUT2D eigenvalue weighted by Gasteiger charge is 2.29. The van der Waals surface area contributed by atoms with Crippen molar-refractivity contribution >= 4 is 16.7 Å². The van der Waals surface area contributed by atoms with E-state index in [1.54, 1.807) is 0 Å². The van der Waals surface area contributed by atoms with E-state index >= 15 is 0 Å². The molecule has 0 atom stereocenters. The van der Waals surface area contributed by atoms with Crippen molar-refractivity contribution in [2.45, 2.75) is 25.8 Å². The Morgan fingerprint density at radius 1 is 1.15 bits per heavy atom. The van der Waals surface area contributed by atoms with Crippen LogP contribution in [0.25, 0.3) is 22.4 Å². The second kappa shape index (κ2) is 4.10. The molecule has 0 aliphatic heterocycles. The van der Waals surface area contributed by atoms with Gasteiger partial charge in [-0.3, -0.25) is 0 Å². The summed E-state index contributed by atoms with van der Waals surface area (Å²) in [6, 6.07) is 15.0. The van der Waals surface area contributed by atoms with E-state index in [0.29, 0.717) is 6.04 Å². The van der Waals surface area contributed by atoms with Crippen molar-refractivity contribution in [1.82, 2.24) is 9.55 Å². The normalized spacial score (nSPS) is 14.8. The van der Waals surface area contributed by atoms with Crippen molar-refractivity contribution in [1.29, 1.82) is 0 Å². The number of para-hydroxylation sites is 1. The van der Waals surface area contributed by atoms with E-state index in [0.717, 1.165) is 22.6 Å². The van der Waals surface area contributed by atoms with Crippen molar-refractivity contribution < 1.29 is 0 Å². The van der Waals surface area contributed by atoms with Crippen LogP contribution >= 0.6 is 0 Å². The topological polar surface area (TPSA) is 43.8 Å². The minimum absolute atomic E-state index is 0.581. The molecule has 3 nitrogen and oxygen atoms in total. The average molecular weight is 263 g/mol. The van der Waals surface area contributed by atoms with Crippen LogP contribution in [-0.4, -0.2) is 9.55 Å². The molecule has 2 N–H and O–H groups in total. The van der Waals surface area contributed by atoms with Crippen LogP contribution in [0.4, 0.5) is 5.69 Å². The zero-order chi connectivity index (χ0) is 13.7. The first-order valence-electron chi connectivity index (χ1n) is 7.07. The minimum atomic E-state index is 0.581. The predicted octanol–water partition coefficient (Wildman–Crippen LogP) is 3.93. The molecular weight excluding hydrogens is 246 g/mol. The van der Waals surface area contributed by atoms with Gasteiger partial charge in [-0.15, -0.1) is 0 Å². The number of aryl methyl sites for hydroxylation is 1. The molecule has 1 aliphatic rings. The van der Waals surface area contributed by atoms with Crippen LogP contribution in [0.2, 0.25) is 0 Å². The van der Waals surface area contributed by atoms with Crippen LogP contribution in [0.3, 0.4) is 0 Å². The van der Waals surface area contributed by atoms with Gasteiger partial charge in [0.15, 0.2) is 0 Å². The molecule has 0 amide bonds. The smallest absolute Gasteiger partial charge is 0.143 e. The summed E-state index contributed by atoms with van der Waals surface area (Å²) >= 11 is 0. The quantitative estimate of drug-likeness (QED) is 0.712. The van der Waals surface area contributed by atoms with Crippen molar-refractivity contribution in [3.05, 3.63) is 48.0 Å². The maximum absolute atomic E-state index is 6.14. The summed E-state index contributed by atoms with van der Waals surface area (Å²) < 4.78 is 2.36. The molecular formula is C17H17N3.